The van der Waals surface area contributed by atoms with Crippen LogP contribution in [0.4, 0.5) is 4.39 Å². The number of ether oxygens (including phenoxy) is 1. The molecule has 7 nitrogen and oxygen atoms in total. The van der Waals surface area contributed by atoms with Gasteiger partial charge in [0.15, 0.2) is 0 Å². The molecule has 1 fully saturated rings. The highest BCUT2D eigenvalue weighted by Crippen LogP contribution is 2.22. The van der Waals surface area contributed by atoms with Gasteiger partial charge in [-0.15, -0.1) is 0 Å². The number of benzene rings is 3. The van der Waals surface area contributed by atoms with E-state index >= 15 is 0 Å². The van der Waals surface area contributed by atoms with Crippen molar-refractivity contribution < 1.29 is 22.3 Å². The summed E-state index contributed by atoms with van der Waals surface area (Å²) in [6, 6.07) is 24.5. The Morgan fingerprint density at radius 3 is 2.27 bits per heavy atom. The van der Waals surface area contributed by atoms with Crippen molar-refractivity contribution in [2.45, 2.75) is 49.4 Å². The summed E-state index contributed by atoms with van der Waals surface area (Å²) in [7, 11) is -3.88. The summed E-state index contributed by atoms with van der Waals surface area (Å²) in [5.41, 5.74) is 2.89. The molecule has 4 aromatic rings. The summed E-state index contributed by atoms with van der Waals surface area (Å²) in [5.74, 6) is -0.809. The van der Waals surface area contributed by atoms with Gasteiger partial charge in [-0.25, -0.2) is 17.8 Å². The summed E-state index contributed by atoms with van der Waals surface area (Å²) in [5, 5.41) is -0.0803. The zero-order valence-corrected chi connectivity index (χ0v) is 23.0. The van der Waals surface area contributed by atoms with Crippen LogP contribution in [0.15, 0.2) is 96.3 Å². The number of carbonyl (C=O) groups excluding carboxylic acids is 1. The molecule has 40 heavy (non-hydrogen) atoms. The number of nitrogens with zero attached hydrogens (tertiary/aromatic N) is 3. The quantitative estimate of drug-likeness (QED) is 0.263. The highest BCUT2D eigenvalue weighted by molar-refractivity contribution is 7.90. The van der Waals surface area contributed by atoms with E-state index in [0.717, 1.165) is 24.0 Å². The Labute approximate surface area is 234 Å². The van der Waals surface area contributed by atoms with E-state index in [1.807, 2.05) is 60.7 Å². The first-order valence-corrected chi connectivity index (χ1v) is 15.0. The molecule has 1 aliphatic rings. The second-order valence-corrected chi connectivity index (χ2v) is 11.9. The predicted octanol–water partition coefficient (Wildman–Crippen LogP) is 4.79. The van der Waals surface area contributed by atoms with E-state index in [9.17, 15) is 17.6 Å². The van der Waals surface area contributed by atoms with Crippen molar-refractivity contribution in [3.8, 4) is 0 Å². The van der Waals surface area contributed by atoms with Crippen LogP contribution in [0.2, 0.25) is 0 Å². The smallest absolute Gasteiger partial charge is 0.228 e. The third kappa shape index (κ3) is 7.03. The van der Waals surface area contributed by atoms with Gasteiger partial charge in [-0.2, -0.15) is 0 Å². The lowest BCUT2D eigenvalue weighted by Gasteiger charge is -2.26. The van der Waals surface area contributed by atoms with Crippen molar-refractivity contribution in [2.75, 3.05) is 13.2 Å². The number of hydrogen-bond acceptors (Lipinski definition) is 5. The maximum absolute atomic E-state index is 13.6. The molecule has 0 N–H and O–H groups in total. The van der Waals surface area contributed by atoms with Crippen LogP contribution in [-0.4, -0.2) is 48.0 Å². The lowest BCUT2D eigenvalue weighted by Crippen LogP contribution is -2.38. The third-order valence-electron chi connectivity index (χ3n) is 6.98. The second-order valence-electron chi connectivity index (χ2n) is 10.1. The number of hydrogen-bond donors (Lipinski definition) is 0. The fourth-order valence-electron chi connectivity index (χ4n) is 4.93. The van der Waals surface area contributed by atoms with Gasteiger partial charge >= 0.3 is 0 Å². The first-order valence-electron chi connectivity index (χ1n) is 13.4. The molecule has 1 aromatic heterocycles. The molecular formula is C31H32FN3O4S. The SMILES string of the molecule is O=C(Cc1ccccc1)N(Cc1cnc(S(=O)(=O)Cc2ccc(F)cc2)n1Cc1ccccc1)CC1CCCO1. The number of imidazole rings is 1. The van der Waals surface area contributed by atoms with E-state index in [0.29, 0.717) is 24.4 Å². The van der Waals surface area contributed by atoms with Crippen molar-refractivity contribution in [3.63, 3.8) is 0 Å². The van der Waals surface area contributed by atoms with Gasteiger partial charge in [0.1, 0.15) is 5.82 Å². The Balaban J connectivity index is 1.47. The zero-order chi connectivity index (χ0) is 28.0. The molecule has 1 atom stereocenters. The van der Waals surface area contributed by atoms with Gasteiger partial charge in [0.2, 0.25) is 20.9 Å². The molecular weight excluding hydrogens is 529 g/mol. The lowest BCUT2D eigenvalue weighted by atomic mass is 10.1. The number of aromatic nitrogens is 2. The molecule has 1 amide bonds. The van der Waals surface area contributed by atoms with Crippen molar-refractivity contribution >= 4 is 15.7 Å². The van der Waals surface area contributed by atoms with Crippen molar-refractivity contribution in [3.05, 3.63) is 119 Å². The molecule has 0 spiro atoms. The monoisotopic (exact) mass is 561 g/mol. The molecule has 0 aliphatic carbocycles. The average molecular weight is 562 g/mol. The standard InChI is InChI=1S/C31H32FN3O4S/c32-27-15-13-26(14-16-27)23-40(37,38)31-33-19-28(35(31)20-25-10-5-2-6-11-25)21-34(22-29-12-7-17-39-29)30(36)18-24-8-3-1-4-9-24/h1-6,8-11,13-16,19,29H,7,12,17-18,20-23H2. The van der Waals surface area contributed by atoms with Crippen molar-refractivity contribution in [1.82, 2.24) is 14.5 Å². The van der Waals surface area contributed by atoms with E-state index in [1.165, 1.54) is 24.3 Å². The van der Waals surface area contributed by atoms with Crippen LogP contribution >= 0.6 is 0 Å². The Morgan fingerprint density at radius 1 is 0.950 bits per heavy atom. The summed E-state index contributed by atoms with van der Waals surface area (Å²) in [4.78, 5) is 19.6. The Hall–Kier alpha value is -3.82. The molecule has 1 unspecified atom stereocenters. The number of rotatable bonds is 11. The highest BCUT2D eigenvalue weighted by atomic mass is 32.2. The van der Waals surface area contributed by atoms with E-state index < -0.39 is 15.7 Å². The minimum Gasteiger partial charge on any atom is -0.376 e. The van der Waals surface area contributed by atoms with E-state index in [2.05, 4.69) is 4.98 Å². The molecule has 0 bridgehead atoms. The molecule has 208 valence electrons. The summed E-state index contributed by atoms with van der Waals surface area (Å²) < 4.78 is 48.1. The van der Waals surface area contributed by atoms with Gasteiger partial charge in [0.25, 0.3) is 0 Å². The maximum Gasteiger partial charge on any atom is 0.228 e. The van der Waals surface area contributed by atoms with Gasteiger partial charge in [0, 0.05) is 13.2 Å². The van der Waals surface area contributed by atoms with Gasteiger partial charge in [0.05, 0.1) is 43.3 Å². The van der Waals surface area contributed by atoms with Crippen LogP contribution in [0.5, 0.6) is 0 Å². The Morgan fingerprint density at radius 2 is 1.62 bits per heavy atom. The minimum absolute atomic E-state index is 0.0631. The van der Waals surface area contributed by atoms with Crippen LogP contribution < -0.4 is 0 Å². The van der Waals surface area contributed by atoms with Crippen LogP contribution in [0.25, 0.3) is 0 Å². The number of sulfone groups is 1. The molecule has 0 radical (unpaired) electrons. The fourth-order valence-corrected chi connectivity index (χ4v) is 6.42. The average Bonchev–Trinajstić information content (AvgIpc) is 3.61. The minimum atomic E-state index is -3.88. The van der Waals surface area contributed by atoms with Gasteiger partial charge < -0.3 is 14.2 Å². The van der Waals surface area contributed by atoms with E-state index in [4.69, 9.17) is 4.74 Å². The normalized spacial score (nSPS) is 15.3. The van der Waals surface area contributed by atoms with Gasteiger partial charge in [-0.1, -0.05) is 72.8 Å². The van der Waals surface area contributed by atoms with Gasteiger partial charge in [-0.05, 0) is 41.7 Å². The Bertz CT molecular complexity index is 1520. The molecule has 2 heterocycles. The fraction of sp³-hybridized carbons (Fsp3) is 0.290. The number of amides is 1. The van der Waals surface area contributed by atoms with Crippen molar-refractivity contribution in [1.29, 1.82) is 0 Å². The van der Waals surface area contributed by atoms with E-state index in [1.54, 1.807) is 15.7 Å². The third-order valence-corrected chi connectivity index (χ3v) is 8.58. The largest absolute Gasteiger partial charge is 0.376 e. The molecule has 3 aromatic carbocycles. The molecule has 1 saturated heterocycles. The van der Waals surface area contributed by atoms with Crippen LogP contribution in [0.3, 0.4) is 0 Å². The predicted molar refractivity (Wildman–Crippen MR) is 150 cm³/mol. The first kappa shape index (κ1) is 27.7. The molecule has 5 rings (SSSR count). The topological polar surface area (TPSA) is 81.5 Å². The molecule has 0 saturated carbocycles. The summed E-state index contributed by atoms with van der Waals surface area (Å²) >= 11 is 0. The van der Waals surface area contributed by atoms with Crippen molar-refractivity contribution in [2.24, 2.45) is 0 Å². The van der Waals surface area contributed by atoms with Gasteiger partial charge in [-0.3, -0.25) is 4.79 Å². The maximum atomic E-state index is 13.6. The molecule has 9 heteroatoms. The Kier molecular flexibility index (Phi) is 8.72. The van der Waals surface area contributed by atoms with Crippen LogP contribution in [0.1, 0.15) is 35.2 Å². The first-order chi connectivity index (χ1) is 19.4. The molecule has 1 aliphatic heterocycles. The zero-order valence-electron chi connectivity index (χ0n) is 22.2. The lowest BCUT2D eigenvalue weighted by molar-refractivity contribution is -0.132. The van der Waals surface area contributed by atoms with E-state index in [-0.39, 0.29) is 42.4 Å². The van der Waals surface area contributed by atoms with Crippen LogP contribution in [0, 0.1) is 5.82 Å². The second kappa shape index (κ2) is 12.6. The summed E-state index contributed by atoms with van der Waals surface area (Å²) in [6.45, 7) is 1.55. The number of carbonyl (C=O) groups is 1. The highest BCUT2D eigenvalue weighted by Gasteiger charge is 2.28. The van der Waals surface area contributed by atoms with Crippen LogP contribution in [-0.2, 0) is 44.6 Å². The summed E-state index contributed by atoms with van der Waals surface area (Å²) in [6.07, 6.45) is 3.53. The number of halogens is 1.